The Kier molecular flexibility index (Phi) is 5.85. The number of nitrogen functional groups attached to an aromatic ring is 1. The minimum absolute atomic E-state index is 0.0856. The molecule has 2 aromatic heterocycles. The summed E-state index contributed by atoms with van der Waals surface area (Å²) in [5, 5.41) is 20.3. The SMILES string of the molecule is Cc1ccc(Sc2nn([C@H]3C[C@H](O)[C@H](COS(N)(=O)=O)O3)c3ncnc(N)c23)c(F)c1. The Morgan fingerprint density at radius 3 is 2.90 bits per heavy atom. The molecule has 3 aromatic rings. The molecule has 3 heterocycles. The zero-order valence-corrected chi connectivity index (χ0v) is 17.8. The first-order valence-corrected chi connectivity index (χ1v) is 11.3. The summed E-state index contributed by atoms with van der Waals surface area (Å²) in [5.74, 6) is -0.255. The normalized spacial score (nSPS) is 21.7. The molecule has 1 fully saturated rings. The van der Waals surface area contributed by atoms with Crippen LogP contribution in [0.4, 0.5) is 10.2 Å². The lowest BCUT2D eigenvalue weighted by Gasteiger charge is -2.14. The molecule has 4 rings (SSSR count). The summed E-state index contributed by atoms with van der Waals surface area (Å²) in [5.41, 5.74) is 7.14. The van der Waals surface area contributed by atoms with Crippen molar-refractivity contribution in [3.8, 4) is 0 Å². The Hall–Kier alpha value is -2.36. The number of hydrogen-bond donors (Lipinski definition) is 3. The Morgan fingerprint density at radius 2 is 2.19 bits per heavy atom. The van der Waals surface area contributed by atoms with E-state index in [0.29, 0.717) is 21.0 Å². The standard InChI is InChI=1S/C17H19FN6O5S2/c1-8-2-3-12(9(18)4-8)30-17-14-15(19)21-7-22-16(14)24(23-17)13-5-10(25)11(29-13)6-28-31(20,26)27/h2-4,7,10-11,13,25H,5-6H2,1H3,(H2,19,21,22)(H2,20,26,27)/t10-,11-,13+/m0/s1. The molecule has 3 atom stereocenters. The van der Waals surface area contributed by atoms with E-state index in [1.165, 1.54) is 17.1 Å². The van der Waals surface area contributed by atoms with E-state index in [4.69, 9.17) is 15.6 Å². The first kappa shape index (κ1) is 21.9. The molecule has 0 aliphatic carbocycles. The van der Waals surface area contributed by atoms with E-state index in [-0.39, 0.29) is 12.2 Å². The van der Waals surface area contributed by atoms with E-state index < -0.39 is 41.2 Å². The fourth-order valence-electron chi connectivity index (χ4n) is 3.20. The van der Waals surface area contributed by atoms with Crippen LogP contribution in [-0.2, 0) is 19.2 Å². The highest BCUT2D eigenvalue weighted by Crippen LogP contribution is 2.39. The van der Waals surface area contributed by atoms with Gasteiger partial charge in [0.25, 0.3) is 0 Å². The van der Waals surface area contributed by atoms with Crippen LogP contribution >= 0.6 is 11.8 Å². The van der Waals surface area contributed by atoms with Gasteiger partial charge in [-0.3, -0.25) is 4.18 Å². The molecule has 31 heavy (non-hydrogen) atoms. The number of halogens is 1. The Labute approximate surface area is 180 Å². The summed E-state index contributed by atoms with van der Waals surface area (Å²) in [6.07, 6.45) is -1.44. The van der Waals surface area contributed by atoms with Gasteiger partial charge in [-0.05, 0) is 24.6 Å². The Balaban J connectivity index is 1.67. The molecule has 1 aliphatic heterocycles. The molecule has 0 saturated carbocycles. The molecule has 0 bridgehead atoms. The van der Waals surface area contributed by atoms with Gasteiger partial charge in [0.1, 0.15) is 29.1 Å². The van der Waals surface area contributed by atoms with E-state index >= 15 is 0 Å². The molecule has 0 spiro atoms. The third-order valence-corrected chi connectivity index (χ3v) is 6.15. The third kappa shape index (κ3) is 4.63. The highest BCUT2D eigenvalue weighted by Gasteiger charge is 2.38. The summed E-state index contributed by atoms with van der Waals surface area (Å²) < 4.78 is 48.1. The molecule has 5 N–H and O–H groups in total. The minimum Gasteiger partial charge on any atom is -0.390 e. The van der Waals surface area contributed by atoms with Crippen LogP contribution in [0.2, 0.25) is 0 Å². The van der Waals surface area contributed by atoms with Gasteiger partial charge in [-0.2, -0.15) is 13.5 Å². The number of benzene rings is 1. The van der Waals surface area contributed by atoms with Gasteiger partial charge < -0.3 is 15.6 Å². The molecule has 0 unspecified atom stereocenters. The van der Waals surface area contributed by atoms with Gasteiger partial charge in [0.15, 0.2) is 11.9 Å². The number of aliphatic hydroxyl groups excluding tert-OH is 1. The van der Waals surface area contributed by atoms with Crippen molar-refractivity contribution < 1.29 is 26.8 Å². The van der Waals surface area contributed by atoms with Crippen molar-refractivity contribution in [1.82, 2.24) is 19.7 Å². The second-order valence-corrected chi connectivity index (χ2v) is 9.20. The fraction of sp³-hybridized carbons (Fsp3) is 0.353. The van der Waals surface area contributed by atoms with Crippen molar-refractivity contribution in [3.05, 3.63) is 35.9 Å². The van der Waals surface area contributed by atoms with Gasteiger partial charge in [-0.25, -0.2) is 24.2 Å². The van der Waals surface area contributed by atoms with E-state index in [1.54, 1.807) is 19.1 Å². The van der Waals surface area contributed by atoms with Crippen LogP contribution in [0.1, 0.15) is 18.2 Å². The van der Waals surface area contributed by atoms with E-state index in [2.05, 4.69) is 19.2 Å². The maximum absolute atomic E-state index is 14.4. The number of rotatable bonds is 6. The van der Waals surface area contributed by atoms with Gasteiger partial charge in [0, 0.05) is 11.3 Å². The van der Waals surface area contributed by atoms with Crippen LogP contribution in [0.3, 0.4) is 0 Å². The quantitative estimate of drug-likeness (QED) is 0.470. The largest absolute Gasteiger partial charge is 0.390 e. The predicted molar refractivity (Wildman–Crippen MR) is 109 cm³/mol. The summed E-state index contributed by atoms with van der Waals surface area (Å²) in [6.45, 7) is 1.33. The van der Waals surface area contributed by atoms with Crippen molar-refractivity contribution in [3.63, 3.8) is 0 Å². The van der Waals surface area contributed by atoms with Gasteiger partial charge in [0.2, 0.25) is 0 Å². The number of ether oxygens (including phenoxy) is 1. The summed E-state index contributed by atoms with van der Waals surface area (Å²) in [4.78, 5) is 8.54. The van der Waals surface area contributed by atoms with Crippen LogP contribution in [0.5, 0.6) is 0 Å². The van der Waals surface area contributed by atoms with Gasteiger partial charge >= 0.3 is 10.3 Å². The molecule has 1 aliphatic rings. The lowest BCUT2D eigenvalue weighted by atomic mass is 10.2. The highest BCUT2D eigenvalue weighted by atomic mass is 32.2. The number of nitrogens with two attached hydrogens (primary N) is 2. The number of aryl methyl sites for hydroxylation is 1. The van der Waals surface area contributed by atoms with E-state index in [0.717, 1.165) is 17.3 Å². The van der Waals surface area contributed by atoms with Crippen molar-refractivity contribution in [2.75, 3.05) is 12.3 Å². The van der Waals surface area contributed by atoms with E-state index in [9.17, 15) is 17.9 Å². The highest BCUT2D eigenvalue weighted by molar-refractivity contribution is 7.99. The molecular formula is C17H19FN6O5S2. The number of fused-ring (bicyclic) bond motifs is 1. The van der Waals surface area contributed by atoms with Gasteiger partial charge in [-0.1, -0.05) is 17.8 Å². The maximum Gasteiger partial charge on any atom is 0.333 e. The number of hydrogen-bond acceptors (Lipinski definition) is 10. The maximum atomic E-state index is 14.4. The zero-order valence-electron chi connectivity index (χ0n) is 16.2. The van der Waals surface area contributed by atoms with Crippen LogP contribution in [-0.4, -0.2) is 52.1 Å². The summed E-state index contributed by atoms with van der Waals surface area (Å²) >= 11 is 1.06. The Bertz CT molecular complexity index is 1240. The molecule has 1 saturated heterocycles. The number of aromatic nitrogens is 4. The summed E-state index contributed by atoms with van der Waals surface area (Å²) in [6, 6.07) is 4.82. The molecular weight excluding hydrogens is 451 g/mol. The van der Waals surface area contributed by atoms with Crippen LogP contribution < -0.4 is 10.9 Å². The van der Waals surface area contributed by atoms with Crippen molar-refractivity contribution >= 4 is 38.9 Å². The number of nitrogens with zero attached hydrogens (tertiary/aromatic N) is 4. The van der Waals surface area contributed by atoms with Crippen LogP contribution in [0, 0.1) is 12.7 Å². The molecule has 0 amide bonds. The summed E-state index contributed by atoms with van der Waals surface area (Å²) in [7, 11) is -4.18. The second-order valence-electron chi connectivity index (χ2n) is 6.95. The van der Waals surface area contributed by atoms with E-state index in [1.807, 2.05) is 0 Å². The first-order valence-electron chi connectivity index (χ1n) is 9.06. The van der Waals surface area contributed by atoms with Crippen LogP contribution in [0.15, 0.2) is 34.4 Å². The fourth-order valence-corrected chi connectivity index (χ4v) is 4.46. The van der Waals surface area contributed by atoms with Gasteiger partial charge in [-0.15, -0.1) is 0 Å². The minimum atomic E-state index is -4.18. The van der Waals surface area contributed by atoms with Crippen LogP contribution in [0.25, 0.3) is 11.0 Å². The number of aliphatic hydroxyl groups is 1. The lowest BCUT2D eigenvalue weighted by molar-refractivity contribution is -0.0415. The molecule has 0 radical (unpaired) electrons. The van der Waals surface area contributed by atoms with Crippen molar-refractivity contribution in [2.45, 2.75) is 41.7 Å². The molecule has 14 heteroatoms. The zero-order chi connectivity index (χ0) is 22.3. The topological polar surface area (TPSA) is 168 Å². The first-order chi connectivity index (χ1) is 14.6. The average Bonchev–Trinajstić information content (AvgIpc) is 3.23. The predicted octanol–water partition coefficient (Wildman–Crippen LogP) is 0.876. The van der Waals surface area contributed by atoms with Crippen molar-refractivity contribution in [1.29, 1.82) is 0 Å². The molecule has 11 nitrogen and oxygen atoms in total. The third-order valence-electron chi connectivity index (χ3n) is 4.65. The van der Waals surface area contributed by atoms with Crippen molar-refractivity contribution in [2.24, 2.45) is 5.14 Å². The lowest BCUT2D eigenvalue weighted by Crippen LogP contribution is -2.30. The molecule has 1 aromatic carbocycles. The van der Waals surface area contributed by atoms with Gasteiger partial charge in [0.05, 0.1) is 18.1 Å². The smallest absolute Gasteiger partial charge is 0.333 e. The molecule has 166 valence electrons. The monoisotopic (exact) mass is 470 g/mol. The average molecular weight is 471 g/mol. The Morgan fingerprint density at radius 1 is 1.42 bits per heavy atom. The number of anilines is 1. The second kappa shape index (κ2) is 8.29.